The van der Waals surface area contributed by atoms with Gasteiger partial charge in [-0.15, -0.1) is 0 Å². The molecule has 6 heteroatoms. The van der Waals surface area contributed by atoms with Gasteiger partial charge in [0.2, 0.25) is 0 Å². The van der Waals surface area contributed by atoms with E-state index in [-0.39, 0.29) is 11.4 Å². The van der Waals surface area contributed by atoms with Crippen LogP contribution in [0.5, 0.6) is 0 Å². The molecule has 0 amide bonds. The quantitative estimate of drug-likeness (QED) is 0.802. The Hall–Kier alpha value is -1.79. The molecule has 1 aromatic heterocycles. The van der Waals surface area contributed by atoms with Crippen molar-refractivity contribution in [2.75, 3.05) is 44.8 Å². The molecule has 0 radical (unpaired) electrons. The van der Waals surface area contributed by atoms with E-state index in [2.05, 4.69) is 26.8 Å². The van der Waals surface area contributed by atoms with Crippen molar-refractivity contribution in [3.05, 3.63) is 30.3 Å². The van der Waals surface area contributed by atoms with Crippen molar-refractivity contribution in [1.82, 2.24) is 14.9 Å². The molecule has 2 aliphatic rings. The molecule has 3 heterocycles. The highest BCUT2D eigenvalue weighted by atomic mass is 19.1. The molecule has 0 N–H and O–H groups in total. The average Bonchev–Trinajstić information content (AvgIpc) is 3.00. The van der Waals surface area contributed by atoms with E-state index in [1.807, 2.05) is 6.07 Å². The number of para-hydroxylation sites is 1. The minimum Gasteiger partial charge on any atom is -0.379 e. The molecule has 5 nitrogen and oxygen atoms in total. The van der Waals surface area contributed by atoms with Crippen molar-refractivity contribution in [3.8, 4) is 0 Å². The number of benzene rings is 1. The first-order valence-electron chi connectivity index (χ1n) is 7.63. The van der Waals surface area contributed by atoms with E-state index in [9.17, 15) is 4.39 Å². The lowest BCUT2D eigenvalue weighted by atomic mass is 9.93. The van der Waals surface area contributed by atoms with Gasteiger partial charge in [-0.05, 0) is 25.6 Å². The van der Waals surface area contributed by atoms with Gasteiger partial charge in [-0.1, -0.05) is 6.07 Å². The summed E-state index contributed by atoms with van der Waals surface area (Å²) in [7, 11) is 2.16. The molecule has 1 aromatic carbocycles. The summed E-state index contributed by atoms with van der Waals surface area (Å²) in [5.41, 5.74) is 0.436. The topological polar surface area (TPSA) is 41.5 Å². The minimum atomic E-state index is -0.297. The first-order chi connectivity index (χ1) is 10.7. The van der Waals surface area contributed by atoms with Crippen LogP contribution in [0.25, 0.3) is 10.9 Å². The van der Waals surface area contributed by atoms with Crippen LogP contribution in [0, 0.1) is 5.82 Å². The Bertz CT molecular complexity index is 702. The number of rotatable bonds is 1. The third kappa shape index (κ3) is 2.06. The summed E-state index contributed by atoms with van der Waals surface area (Å²) in [6.07, 6.45) is 2.48. The number of piperazine rings is 1. The molecule has 0 saturated carbocycles. The maximum absolute atomic E-state index is 14.0. The average molecular weight is 302 g/mol. The molecule has 116 valence electrons. The van der Waals surface area contributed by atoms with E-state index in [0.29, 0.717) is 5.52 Å². The molecule has 1 atom stereocenters. The summed E-state index contributed by atoms with van der Waals surface area (Å²) in [5.74, 6) is 0.526. The first-order valence-corrected chi connectivity index (χ1v) is 7.63. The van der Waals surface area contributed by atoms with Crippen LogP contribution in [-0.4, -0.2) is 60.3 Å². The fourth-order valence-electron chi connectivity index (χ4n) is 3.56. The van der Waals surface area contributed by atoms with Gasteiger partial charge in [-0.2, -0.15) is 0 Å². The molecule has 2 aliphatic heterocycles. The Balaban J connectivity index is 1.75. The summed E-state index contributed by atoms with van der Waals surface area (Å²) in [5, 5.41) is 0.779. The zero-order valence-electron chi connectivity index (χ0n) is 12.6. The number of nitrogens with zero attached hydrogens (tertiary/aromatic N) is 4. The molecule has 0 aliphatic carbocycles. The van der Waals surface area contributed by atoms with Crippen molar-refractivity contribution < 1.29 is 9.13 Å². The Kier molecular flexibility index (Phi) is 3.23. The first kappa shape index (κ1) is 13.8. The third-order valence-electron chi connectivity index (χ3n) is 4.98. The fourth-order valence-corrected chi connectivity index (χ4v) is 3.56. The zero-order chi connectivity index (χ0) is 15.2. The molecule has 2 aromatic rings. The van der Waals surface area contributed by atoms with E-state index < -0.39 is 0 Å². The van der Waals surface area contributed by atoms with Crippen molar-refractivity contribution in [1.29, 1.82) is 0 Å². The number of aromatic nitrogens is 2. The zero-order valence-corrected chi connectivity index (χ0v) is 12.6. The summed E-state index contributed by atoms with van der Waals surface area (Å²) in [4.78, 5) is 13.2. The second-order valence-corrected chi connectivity index (χ2v) is 6.20. The van der Waals surface area contributed by atoms with Crippen LogP contribution in [-0.2, 0) is 4.74 Å². The number of ether oxygens (including phenoxy) is 1. The maximum atomic E-state index is 14.0. The SMILES string of the molecule is CN1CCN(c2ncnc3c(F)cccc23)CC12CCOC2. The van der Waals surface area contributed by atoms with E-state index in [1.54, 1.807) is 6.07 Å². The number of anilines is 1. The fraction of sp³-hybridized carbons (Fsp3) is 0.500. The second kappa shape index (κ2) is 5.14. The van der Waals surface area contributed by atoms with Crippen LogP contribution >= 0.6 is 0 Å². The van der Waals surface area contributed by atoms with Crippen LogP contribution in [0.15, 0.2) is 24.5 Å². The summed E-state index contributed by atoms with van der Waals surface area (Å²) in [6.45, 7) is 4.23. The normalized spacial score (nSPS) is 26.2. The third-order valence-corrected chi connectivity index (χ3v) is 4.98. The number of hydrogen-bond donors (Lipinski definition) is 0. The maximum Gasteiger partial charge on any atom is 0.149 e. The van der Waals surface area contributed by atoms with Gasteiger partial charge < -0.3 is 9.64 Å². The van der Waals surface area contributed by atoms with E-state index in [4.69, 9.17) is 4.74 Å². The van der Waals surface area contributed by atoms with Gasteiger partial charge in [0.25, 0.3) is 0 Å². The van der Waals surface area contributed by atoms with Crippen LogP contribution < -0.4 is 4.90 Å². The molecule has 2 fully saturated rings. The molecule has 1 unspecified atom stereocenters. The largest absolute Gasteiger partial charge is 0.379 e. The molecule has 2 saturated heterocycles. The van der Waals surface area contributed by atoms with Crippen LogP contribution in [0.2, 0.25) is 0 Å². The van der Waals surface area contributed by atoms with Gasteiger partial charge in [-0.3, -0.25) is 4.90 Å². The number of hydrogen-bond acceptors (Lipinski definition) is 5. The summed E-state index contributed by atoms with van der Waals surface area (Å²) >= 11 is 0. The lowest BCUT2D eigenvalue weighted by molar-refractivity contribution is 0.0776. The van der Waals surface area contributed by atoms with Gasteiger partial charge in [0, 0.05) is 31.6 Å². The number of fused-ring (bicyclic) bond motifs is 1. The Morgan fingerprint density at radius 2 is 2.18 bits per heavy atom. The van der Waals surface area contributed by atoms with Crippen molar-refractivity contribution >= 4 is 16.7 Å². The van der Waals surface area contributed by atoms with E-state index in [1.165, 1.54) is 12.4 Å². The Labute approximate surface area is 128 Å². The smallest absolute Gasteiger partial charge is 0.149 e. The predicted molar refractivity (Wildman–Crippen MR) is 82.5 cm³/mol. The predicted octanol–water partition coefficient (Wildman–Crippen LogP) is 1.68. The van der Waals surface area contributed by atoms with Crippen molar-refractivity contribution in [2.24, 2.45) is 0 Å². The summed E-state index contributed by atoms with van der Waals surface area (Å²) < 4.78 is 19.6. The van der Waals surface area contributed by atoms with Gasteiger partial charge in [0.15, 0.2) is 0 Å². The lowest BCUT2D eigenvalue weighted by Crippen LogP contribution is -2.61. The Morgan fingerprint density at radius 1 is 1.27 bits per heavy atom. The molecule has 0 bridgehead atoms. The van der Waals surface area contributed by atoms with E-state index >= 15 is 0 Å². The molecular formula is C16H19FN4O. The van der Waals surface area contributed by atoms with Crippen LogP contribution in [0.4, 0.5) is 10.2 Å². The van der Waals surface area contributed by atoms with Crippen molar-refractivity contribution in [3.63, 3.8) is 0 Å². The van der Waals surface area contributed by atoms with E-state index in [0.717, 1.165) is 50.5 Å². The van der Waals surface area contributed by atoms with Crippen molar-refractivity contribution in [2.45, 2.75) is 12.0 Å². The molecule has 4 rings (SSSR count). The van der Waals surface area contributed by atoms with Gasteiger partial charge in [0.05, 0.1) is 12.1 Å². The highest BCUT2D eigenvalue weighted by Gasteiger charge is 2.43. The summed E-state index contributed by atoms with van der Waals surface area (Å²) in [6, 6.07) is 5.05. The molecular weight excluding hydrogens is 283 g/mol. The monoisotopic (exact) mass is 302 g/mol. The number of halogens is 1. The highest BCUT2D eigenvalue weighted by Crippen LogP contribution is 2.33. The molecule has 22 heavy (non-hydrogen) atoms. The standard InChI is InChI=1S/C16H19FN4O/c1-20-6-7-21(9-16(20)5-8-22-10-16)15-12-3-2-4-13(17)14(12)18-11-19-15/h2-4,11H,5-10H2,1H3. The van der Waals surface area contributed by atoms with Gasteiger partial charge in [-0.25, -0.2) is 14.4 Å². The lowest BCUT2D eigenvalue weighted by Gasteiger charge is -2.47. The van der Waals surface area contributed by atoms with Gasteiger partial charge in [0.1, 0.15) is 23.5 Å². The van der Waals surface area contributed by atoms with Crippen LogP contribution in [0.1, 0.15) is 6.42 Å². The highest BCUT2D eigenvalue weighted by molar-refractivity contribution is 5.89. The molecule has 1 spiro atoms. The second-order valence-electron chi connectivity index (χ2n) is 6.20. The Morgan fingerprint density at radius 3 is 3.00 bits per heavy atom. The van der Waals surface area contributed by atoms with Gasteiger partial charge >= 0.3 is 0 Å². The minimum absolute atomic E-state index is 0.0445. The van der Waals surface area contributed by atoms with Crippen LogP contribution in [0.3, 0.4) is 0 Å². The number of likely N-dealkylation sites (N-methyl/N-ethyl adjacent to an activating group) is 1.